The van der Waals surface area contributed by atoms with E-state index >= 15 is 0 Å². The number of halogens is 1. The number of H-pyrrole nitrogens is 1. The number of ether oxygens (including phenoxy) is 1. The van der Waals surface area contributed by atoms with E-state index in [1.807, 2.05) is 6.92 Å². The fourth-order valence-electron chi connectivity index (χ4n) is 1.22. The first-order valence-corrected chi connectivity index (χ1v) is 5.96. The lowest BCUT2D eigenvalue weighted by Crippen LogP contribution is -2.13. The van der Waals surface area contributed by atoms with Crippen LogP contribution in [-0.2, 0) is 0 Å². The molecule has 0 aromatic carbocycles. The van der Waals surface area contributed by atoms with Crippen molar-refractivity contribution in [1.29, 1.82) is 0 Å². The quantitative estimate of drug-likeness (QED) is 0.837. The number of amides is 1. The van der Waals surface area contributed by atoms with Crippen LogP contribution in [0.5, 0.6) is 6.01 Å². The predicted molar refractivity (Wildman–Crippen MR) is 67.4 cm³/mol. The summed E-state index contributed by atoms with van der Waals surface area (Å²) in [5, 5.41) is 8.90. The maximum absolute atomic E-state index is 11.8. The molecule has 1 amide bonds. The highest BCUT2D eigenvalue weighted by Crippen LogP contribution is 2.11. The third-order valence-electron chi connectivity index (χ3n) is 1.96. The van der Waals surface area contributed by atoms with Gasteiger partial charge in [0.1, 0.15) is 4.60 Å². The van der Waals surface area contributed by atoms with Crippen molar-refractivity contribution in [2.24, 2.45) is 0 Å². The maximum Gasteiger partial charge on any atom is 0.337 e. The van der Waals surface area contributed by atoms with Crippen molar-refractivity contribution in [3.05, 3.63) is 28.5 Å². The fraction of sp³-hybridized carbons (Fsp3) is 0.200. The van der Waals surface area contributed by atoms with Gasteiger partial charge in [-0.3, -0.25) is 10.1 Å². The van der Waals surface area contributed by atoms with Gasteiger partial charge in [-0.1, -0.05) is 0 Å². The molecule has 18 heavy (non-hydrogen) atoms. The molecule has 0 unspecified atom stereocenters. The molecule has 0 saturated carbocycles. The van der Waals surface area contributed by atoms with Crippen molar-refractivity contribution in [2.75, 3.05) is 11.9 Å². The van der Waals surface area contributed by atoms with Crippen LogP contribution in [0.1, 0.15) is 17.3 Å². The van der Waals surface area contributed by atoms with E-state index in [1.54, 1.807) is 12.1 Å². The second-order valence-corrected chi connectivity index (χ2v) is 4.03. The van der Waals surface area contributed by atoms with Crippen LogP contribution in [0.15, 0.2) is 22.9 Å². The van der Waals surface area contributed by atoms with Crippen molar-refractivity contribution >= 4 is 27.8 Å². The Morgan fingerprint density at radius 3 is 3.17 bits per heavy atom. The number of nitrogens with zero attached hydrogens (tertiary/aromatic N) is 3. The zero-order valence-electron chi connectivity index (χ0n) is 9.48. The first-order chi connectivity index (χ1) is 8.69. The molecule has 2 N–H and O–H groups in total. The molecule has 0 radical (unpaired) electrons. The molecule has 0 saturated heterocycles. The van der Waals surface area contributed by atoms with E-state index in [0.717, 1.165) is 0 Å². The van der Waals surface area contributed by atoms with Gasteiger partial charge in [0.25, 0.3) is 5.91 Å². The van der Waals surface area contributed by atoms with Gasteiger partial charge >= 0.3 is 6.01 Å². The topological polar surface area (TPSA) is 92.8 Å². The second kappa shape index (κ2) is 5.58. The highest BCUT2D eigenvalue weighted by molar-refractivity contribution is 9.10. The predicted octanol–water partition coefficient (Wildman–Crippen LogP) is 1.61. The summed E-state index contributed by atoms with van der Waals surface area (Å²) in [5.74, 6) is -0.0753. The van der Waals surface area contributed by atoms with Gasteiger partial charge in [0.05, 0.1) is 6.61 Å². The number of anilines is 1. The van der Waals surface area contributed by atoms with Gasteiger partial charge < -0.3 is 4.74 Å². The van der Waals surface area contributed by atoms with E-state index in [1.165, 1.54) is 6.20 Å². The molecule has 8 heteroatoms. The summed E-state index contributed by atoms with van der Waals surface area (Å²) in [6.45, 7) is 2.28. The molecular weight excluding hydrogens is 302 g/mol. The SMILES string of the molecule is CCOc1n[nH]c(NC(=O)c2ccnc(Br)c2)n1. The Morgan fingerprint density at radius 2 is 2.44 bits per heavy atom. The van der Waals surface area contributed by atoms with Gasteiger partial charge in [-0.15, -0.1) is 5.10 Å². The number of aromatic nitrogens is 4. The minimum atomic E-state index is -0.308. The minimum Gasteiger partial charge on any atom is -0.463 e. The molecule has 0 aliphatic heterocycles. The van der Waals surface area contributed by atoms with Gasteiger partial charge in [-0.05, 0) is 35.0 Å². The second-order valence-electron chi connectivity index (χ2n) is 3.22. The molecule has 0 bridgehead atoms. The number of hydrogen-bond donors (Lipinski definition) is 2. The van der Waals surface area contributed by atoms with Crippen LogP contribution >= 0.6 is 15.9 Å². The van der Waals surface area contributed by atoms with E-state index < -0.39 is 0 Å². The van der Waals surface area contributed by atoms with Crippen molar-refractivity contribution in [3.8, 4) is 6.01 Å². The molecule has 0 aliphatic rings. The third-order valence-corrected chi connectivity index (χ3v) is 2.39. The molecule has 7 nitrogen and oxygen atoms in total. The van der Waals surface area contributed by atoms with Gasteiger partial charge in [0, 0.05) is 11.8 Å². The average molecular weight is 312 g/mol. The van der Waals surface area contributed by atoms with E-state index in [-0.39, 0.29) is 17.9 Å². The van der Waals surface area contributed by atoms with Crippen LogP contribution in [0, 0.1) is 0 Å². The Bertz CT molecular complexity index is 557. The van der Waals surface area contributed by atoms with Gasteiger partial charge in [-0.25, -0.2) is 10.1 Å². The molecular formula is C10H10BrN5O2. The standard InChI is InChI=1S/C10H10BrN5O2/c1-2-18-10-14-9(15-16-10)13-8(17)6-3-4-12-7(11)5-6/h3-5H,2H2,1H3,(H2,13,14,15,16,17). The average Bonchev–Trinajstić information content (AvgIpc) is 2.77. The van der Waals surface area contributed by atoms with Crippen molar-refractivity contribution in [2.45, 2.75) is 6.92 Å². The molecule has 94 valence electrons. The summed E-state index contributed by atoms with van der Waals surface area (Å²) < 4.78 is 5.66. The fourth-order valence-corrected chi connectivity index (χ4v) is 1.58. The molecule has 0 aliphatic carbocycles. The first-order valence-electron chi connectivity index (χ1n) is 5.17. The van der Waals surface area contributed by atoms with Crippen LogP contribution in [0.3, 0.4) is 0 Å². The Hall–Kier alpha value is -1.96. The van der Waals surface area contributed by atoms with E-state index in [9.17, 15) is 4.79 Å². The van der Waals surface area contributed by atoms with E-state index in [4.69, 9.17) is 4.74 Å². The molecule has 2 rings (SSSR count). The van der Waals surface area contributed by atoms with E-state index in [0.29, 0.717) is 16.8 Å². The molecule has 0 fully saturated rings. The summed E-state index contributed by atoms with van der Waals surface area (Å²) in [7, 11) is 0. The largest absolute Gasteiger partial charge is 0.463 e. The van der Waals surface area contributed by atoms with Gasteiger partial charge in [0.2, 0.25) is 5.95 Å². The van der Waals surface area contributed by atoms with Crippen LogP contribution in [-0.4, -0.2) is 32.7 Å². The van der Waals surface area contributed by atoms with Gasteiger partial charge in [-0.2, -0.15) is 4.98 Å². The number of aromatic amines is 1. The highest BCUT2D eigenvalue weighted by Gasteiger charge is 2.10. The van der Waals surface area contributed by atoms with Crippen LogP contribution in [0.25, 0.3) is 0 Å². The summed E-state index contributed by atoms with van der Waals surface area (Å²) in [4.78, 5) is 19.7. The Balaban J connectivity index is 2.06. The first kappa shape index (κ1) is 12.5. The lowest BCUT2D eigenvalue weighted by atomic mass is 10.2. The minimum absolute atomic E-state index is 0.198. The van der Waals surface area contributed by atoms with Crippen molar-refractivity contribution in [3.63, 3.8) is 0 Å². The summed E-state index contributed by atoms with van der Waals surface area (Å²) in [6, 6.07) is 3.40. The summed E-state index contributed by atoms with van der Waals surface area (Å²) in [5.41, 5.74) is 0.464. The number of rotatable bonds is 4. The number of hydrogen-bond acceptors (Lipinski definition) is 5. The number of carbonyl (C=O) groups excluding carboxylic acids is 1. The smallest absolute Gasteiger partial charge is 0.337 e. The Morgan fingerprint density at radius 1 is 1.61 bits per heavy atom. The Labute approximate surface area is 111 Å². The summed E-state index contributed by atoms with van der Waals surface area (Å²) in [6.07, 6.45) is 1.53. The number of carbonyl (C=O) groups is 1. The molecule has 2 heterocycles. The summed E-state index contributed by atoms with van der Waals surface area (Å²) >= 11 is 3.19. The number of pyridine rings is 1. The van der Waals surface area contributed by atoms with Crippen LogP contribution in [0.4, 0.5) is 5.95 Å². The Kier molecular flexibility index (Phi) is 3.88. The monoisotopic (exact) mass is 311 g/mol. The zero-order valence-corrected chi connectivity index (χ0v) is 11.1. The third kappa shape index (κ3) is 3.04. The lowest BCUT2D eigenvalue weighted by molar-refractivity contribution is 0.102. The molecule has 0 atom stereocenters. The van der Waals surface area contributed by atoms with Crippen LogP contribution in [0.2, 0.25) is 0 Å². The molecule has 2 aromatic heterocycles. The van der Waals surface area contributed by atoms with E-state index in [2.05, 4.69) is 41.4 Å². The lowest BCUT2D eigenvalue weighted by Gasteiger charge is -2.01. The maximum atomic E-state index is 11.8. The molecule has 2 aromatic rings. The van der Waals surface area contributed by atoms with Crippen LogP contribution < -0.4 is 10.1 Å². The highest BCUT2D eigenvalue weighted by atomic mass is 79.9. The molecule has 0 spiro atoms. The van der Waals surface area contributed by atoms with Crippen molar-refractivity contribution in [1.82, 2.24) is 20.2 Å². The number of nitrogens with one attached hydrogen (secondary N) is 2. The van der Waals surface area contributed by atoms with Crippen molar-refractivity contribution < 1.29 is 9.53 Å². The normalized spacial score (nSPS) is 10.1. The zero-order chi connectivity index (χ0) is 13.0. The van der Waals surface area contributed by atoms with Gasteiger partial charge in [0.15, 0.2) is 0 Å².